The molecule has 0 amide bonds. The molecule has 2 atom stereocenters. The third-order valence-electron chi connectivity index (χ3n) is 4.49. The van der Waals surface area contributed by atoms with Crippen molar-refractivity contribution in [3.63, 3.8) is 0 Å². The Kier molecular flexibility index (Phi) is 6.04. The highest BCUT2D eigenvalue weighted by Crippen LogP contribution is 2.21. The first-order valence-electron chi connectivity index (χ1n) is 7.59. The van der Waals surface area contributed by atoms with Crippen molar-refractivity contribution in [1.29, 1.82) is 0 Å². The average Bonchev–Trinajstić information content (AvgIpc) is 2.92. The van der Waals surface area contributed by atoms with Crippen molar-refractivity contribution in [3.8, 4) is 0 Å². The highest BCUT2D eigenvalue weighted by atomic mass is 16.5. The second kappa shape index (κ2) is 7.55. The topological polar surface area (TPSA) is 45.0 Å². The molecule has 0 aromatic carbocycles. The molecule has 2 saturated heterocycles. The molecule has 19 heavy (non-hydrogen) atoms. The molecule has 2 heterocycles. The van der Waals surface area contributed by atoms with Crippen molar-refractivity contribution in [2.45, 2.75) is 12.5 Å². The summed E-state index contributed by atoms with van der Waals surface area (Å²) < 4.78 is 5.52. The van der Waals surface area contributed by atoms with E-state index in [1.54, 1.807) is 0 Å². The smallest absolute Gasteiger partial charge is 0.0510 e. The van der Waals surface area contributed by atoms with Crippen LogP contribution in [0, 0.1) is 5.92 Å². The molecule has 0 bridgehead atoms. The summed E-state index contributed by atoms with van der Waals surface area (Å²) >= 11 is 0. The van der Waals surface area contributed by atoms with Gasteiger partial charge in [-0.1, -0.05) is 0 Å². The molecular weight excluding hydrogens is 240 g/mol. The second-order valence-corrected chi connectivity index (χ2v) is 6.11. The number of nitrogens with zero attached hydrogens (tertiary/aromatic N) is 3. The van der Waals surface area contributed by atoms with E-state index in [1.165, 1.54) is 26.1 Å². The van der Waals surface area contributed by atoms with E-state index in [-0.39, 0.29) is 0 Å². The Morgan fingerprint density at radius 2 is 2.00 bits per heavy atom. The monoisotopic (exact) mass is 270 g/mol. The van der Waals surface area contributed by atoms with Crippen molar-refractivity contribution in [3.05, 3.63) is 0 Å². The first kappa shape index (κ1) is 15.2. The van der Waals surface area contributed by atoms with Gasteiger partial charge in [-0.25, -0.2) is 0 Å². The van der Waals surface area contributed by atoms with Gasteiger partial charge in [0.2, 0.25) is 0 Å². The van der Waals surface area contributed by atoms with Crippen LogP contribution in [-0.4, -0.2) is 93.9 Å². The molecule has 0 aliphatic carbocycles. The van der Waals surface area contributed by atoms with E-state index in [0.29, 0.717) is 12.0 Å². The quantitative estimate of drug-likeness (QED) is 0.707. The zero-order valence-electron chi connectivity index (χ0n) is 12.6. The van der Waals surface area contributed by atoms with Gasteiger partial charge in [0.15, 0.2) is 0 Å². The van der Waals surface area contributed by atoms with E-state index in [1.807, 2.05) is 0 Å². The highest BCUT2D eigenvalue weighted by molar-refractivity contribution is 4.86. The van der Waals surface area contributed by atoms with E-state index in [0.717, 1.165) is 39.4 Å². The molecule has 2 fully saturated rings. The van der Waals surface area contributed by atoms with Gasteiger partial charge in [-0.3, -0.25) is 9.80 Å². The van der Waals surface area contributed by atoms with Gasteiger partial charge in [0.25, 0.3) is 0 Å². The van der Waals surface area contributed by atoms with E-state index in [9.17, 15) is 0 Å². The number of rotatable bonds is 6. The molecule has 2 rings (SSSR count). The summed E-state index contributed by atoms with van der Waals surface area (Å²) in [7, 11) is 4.28. The summed E-state index contributed by atoms with van der Waals surface area (Å²) in [6, 6.07) is 0.526. The number of ether oxygens (including phenoxy) is 1. The Bertz CT molecular complexity index is 248. The Balaban J connectivity index is 1.74. The van der Waals surface area contributed by atoms with Crippen molar-refractivity contribution in [2.75, 3.05) is 73.1 Å². The predicted octanol–water partition coefficient (Wildman–Crippen LogP) is -0.471. The van der Waals surface area contributed by atoms with Crippen LogP contribution in [0.15, 0.2) is 0 Å². The lowest BCUT2D eigenvalue weighted by Crippen LogP contribution is -2.55. The standard InChI is InChI=1S/C14H30N4O/c1-16(2)4-5-17-6-8-18(9-7-17)14(11-15)13-3-10-19-12-13/h13-14H,3-12,15H2,1-2H3. The predicted molar refractivity (Wildman–Crippen MR) is 78.3 cm³/mol. The van der Waals surface area contributed by atoms with Crippen molar-refractivity contribution in [1.82, 2.24) is 14.7 Å². The number of piperazine rings is 1. The zero-order chi connectivity index (χ0) is 13.7. The molecule has 0 aromatic heterocycles. The largest absolute Gasteiger partial charge is 0.381 e. The van der Waals surface area contributed by atoms with E-state index in [4.69, 9.17) is 10.5 Å². The summed E-state index contributed by atoms with van der Waals surface area (Å²) in [6.45, 7) is 9.60. The van der Waals surface area contributed by atoms with Gasteiger partial charge in [0.05, 0.1) is 6.61 Å². The van der Waals surface area contributed by atoms with Crippen molar-refractivity contribution >= 4 is 0 Å². The minimum atomic E-state index is 0.526. The van der Waals surface area contributed by atoms with Crippen LogP contribution in [0.3, 0.4) is 0 Å². The number of hydrogen-bond donors (Lipinski definition) is 1. The van der Waals surface area contributed by atoms with Crippen LogP contribution in [-0.2, 0) is 4.74 Å². The molecule has 2 aliphatic heterocycles. The van der Waals surface area contributed by atoms with Gasteiger partial charge in [-0.05, 0) is 20.5 Å². The van der Waals surface area contributed by atoms with Gasteiger partial charge in [-0.2, -0.15) is 0 Å². The summed E-state index contributed by atoms with van der Waals surface area (Å²) in [5.41, 5.74) is 6.00. The van der Waals surface area contributed by atoms with Crippen LogP contribution in [0.1, 0.15) is 6.42 Å². The Morgan fingerprint density at radius 1 is 1.26 bits per heavy atom. The van der Waals surface area contributed by atoms with Crippen LogP contribution < -0.4 is 5.73 Å². The summed E-state index contributed by atoms with van der Waals surface area (Å²) in [5, 5.41) is 0. The SMILES string of the molecule is CN(C)CCN1CCN(C(CN)C2CCOC2)CC1. The van der Waals surface area contributed by atoms with Crippen LogP contribution in [0.5, 0.6) is 0 Å². The van der Waals surface area contributed by atoms with Gasteiger partial charge < -0.3 is 15.4 Å². The van der Waals surface area contributed by atoms with Crippen molar-refractivity contribution in [2.24, 2.45) is 11.7 Å². The van der Waals surface area contributed by atoms with Crippen molar-refractivity contribution < 1.29 is 4.74 Å². The molecule has 0 radical (unpaired) electrons. The maximum atomic E-state index is 6.00. The Hall–Kier alpha value is -0.200. The highest BCUT2D eigenvalue weighted by Gasteiger charge is 2.31. The maximum absolute atomic E-state index is 6.00. The van der Waals surface area contributed by atoms with Crippen LogP contribution >= 0.6 is 0 Å². The van der Waals surface area contributed by atoms with Gasteiger partial charge in [0, 0.05) is 64.4 Å². The molecule has 0 spiro atoms. The molecular formula is C14H30N4O. The summed E-state index contributed by atoms with van der Waals surface area (Å²) in [6.07, 6.45) is 1.18. The fourth-order valence-electron chi connectivity index (χ4n) is 3.16. The first-order valence-corrected chi connectivity index (χ1v) is 7.59. The Morgan fingerprint density at radius 3 is 2.53 bits per heavy atom. The first-order chi connectivity index (χ1) is 9.20. The molecule has 0 saturated carbocycles. The minimum Gasteiger partial charge on any atom is -0.381 e. The molecule has 112 valence electrons. The summed E-state index contributed by atoms with van der Waals surface area (Å²) in [4.78, 5) is 7.41. The van der Waals surface area contributed by atoms with Gasteiger partial charge >= 0.3 is 0 Å². The molecule has 2 aliphatic rings. The third-order valence-corrected chi connectivity index (χ3v) is 4.49. The summed E-state index contributed by atoms with van der Waals surface area (Å²) in [5.74, 6) is 0.651. The Labute approximate surface area is 117 Å². The fourth-order valence-corrected chi connectivity index (χ4v) is 3.16. The van der Waals surface area contributed by atoms with E-state index >= 15 is 0 Å². The fraction of sp³-hybridized carbons (Fsp3) is 1.00. The molecule has 5 heteroatoms. The molecule has 2 unspecified atom stereocenters. The lowest BCUT2D eigenvalue weighted by molar-refractivity contribution is 0.0645. The number of hydrogen-bond acceptors (Lipinski definition) is 5. The van der Waals surface area contributed by atoms with E-state index in [2.05, 4.69) is 28.8 Å². The van der Waals surface area contributed by atoms with Gasteiger partial charge in [0.1, 0.15) is 0 Å². The van der Waals surface area contributed by atoms with Crippen LogP contribution in [0.2, 0.25) is 0 Å². The van der Waals surface area contributed by atoms with Crippen LogP contribution in [0.4, 0.5) is 0 Å². The third kappa shape index (κ3) is 4.39. The second-order valence-electron chi connectivity index (χ2n) is 6.11. The lowest BCUT2D eigenvalue weighted by Gasteiger charge is -2.41. The number of likely N-dealkylation sites (N-methyl/N-ethyl adjacent to an activating group) is 1. The zero-order valence-corrected chi connectivity index (χ0v) is 12.6. The number of nitrogens with two attached hydrogens (primary N) is 1. The molecule has 2 N–H and O–H groups in total. The molecule has 0 aromatic rings. The van der Waals surface area contributed by atoms with Crippen LogP contribution in [0.25, 0.3) is 0 Å². The normalized spacial score (nSPS) is 28.1. The van der Waals surface area contributed by atoms with Gasteiger partial charge in [-0.15, -0.1) is 0 Å². The lowest BCUT2D eigenvalue weighted by atomic mass is 9.97. The van der Waals surface area contributed by atoms with E-state index < -0.39 is 0 Å². The minimum absolute atomic E-state index is 0.526. The molecule has 5 nitrogen and oxygen atoms in total. The average molecular weight is 270 g/mol. The maximum Gasteiger partial charge on any atom is 0.0510 e.